The maximum Gasteiger partial charge on any atom is 0.311 e. The van der Waals surface area contributed by atoms with E-state index in [1.54, 1.807) is 30.0 Å². The van der Waals surface area contributed by atoms with Crippen LogP contribution < -0.4 is 10.2 Å². The van der Waals surface area contributed by atoms with Gasteiger partial charge in [-0.2, -0.15) is 0 Å². The van der Waals surface area contributed by atoms with Gasteiger partial charge in [0.05, 0.1) is 5.92 Å². The van der Waals surface area contributed by atoms with E-state index in [-0.39, 0.29) is 18.9 Å². The molecule has 1 aliphatic rings. The summed E-state index contributed by atoms with van der Waals surface area (Å²) >= 11 is 6.03. The van der Waals surface area contributed by atoms with E-state index in [9.17, 15) is 14.4 Å². The smallest absolute Gasteiger partial charge is 0.311 e. The number of nitrogens with zero attached hydrogens (tertiary/aromatic N) is 1. The van der Waals surface area contributed by atoms with E-state index in [4.69, 9.17) is 16.3 Å². The maximum absolute atomic E-state index is 12.4. The molecular weight excluding hydrogens is 392 g/mol. The van der Waals surface area contributed by atoms with E-state index < -0.39 is 24.4 Å². The zero-order valence-corrected chi connectivity index (χ0v) is 17.4. The lowest BCUT2D eigenvalue weighted by Crippen LogP contribution is -2.28. The topological polar surface area (TPSA) is 75.7 Å². The summed E-state index contributed by atoms with van der Waals surface area (Å²) in [6, 6.07) is 11.0. The van der Waals surface area contributed by atoms with Crippen molar-refractivity contribution in [3.8, 4) is 0 Å². The van der Waals surface area contributed by atoms with Gasteiger partial charge in [-0.1, -0.05) is 23.7 Å². The predicted molar refractivity (Wildman–Crippen MR) is 112 cm³/mol. The van der Waals surface area contributed by atoms with Crippen LogP contribution in [0.1, 0.15) is 23.1 Å². The van der Waals surface area contributed by atoms with Crippen LogP contribution >= 0.6 is 11.6 Å². The van der Waals surface area contributed by atoms with E-state index >= 15 is 0 Å². The lowest BCUT2D eigenvalue weighted by Gasteiger charge is -2.18. The van der Waals surface area contributed by atoms with E-state index in [0.29, 0.717) is 10.7 Å². The molecular formula is C22H23ClN2O4. The van der Waals surface area contributed by atoms with Crippen LogP contribution in [-0.4, -0.2) is 30.9 Å². The fraction of sp³-hybridized carbons (Fsp3) is 0.318. The van der Waals surface area contributed by atoms with E-state index in [0.717, 1.165) is 22.4 Å². The molecule has 1 saturated heterocycles. The minimum atomic E-state index is -0.593. The highest BCUT2D eigenvalue weighted by molar-refractivity contribution is 6.31. The van der Waals surface area contributed by atoms with Gasteiger partial charge < -0.3 is 15.0 Å². The quantitative estimate of drug-likeness (QED) is 0.755. The first kappa shape index (κ1) is 20.9. The van der Waals surface area contributed by atoms with Crippen molar-refractivity contribution in [3.63, 3.8) is 0 Å². The van der Waals surface area contributed by atoms with E-state index in [1.807, 2.05) is 32.0 Å². The molecule has 0 bridgehead atoms. The van der Waals surface area contributed by atoms with Crippen LogP contribution in [0.5, 0.6) is 0 Å². The molecule has 0 aliphatic carbocycles. The first-order valence-corrected chi connectivity index (χ1v) is 9.72. The zero-order valence-electron chi connectivity index (χ0n) is 16.6. The summed E-state index contributed by atoms with van der Waals surface area (Å²) in [5.74, 6) is -1.73. The van der Waals surface area contributed by atoms with Crippen LogP contribution in [0, 0.1) is 26.7 Å². The highest BCUT2D eigenvalue weighted by Gasteiger charge is 2.36. The fourth-order valence-corrected chi connectivity index (χ4v) is 3.58. The highest BCUT2D eigenvalue weighted by Crippen LogP contribution is 2.28. The van der Waals surface area contributed by atoms with Gasteiger partial charge in [0.1, 0.15) is 0 Å². The second-order valence-corrected chi connectivity index (χ2v) is 7.73. The number of rotatable bonds is 5. The number of aryl methyl sites for hydroxylation is 2. The van der Waals surface area contributed by atoms with Crippen LogP contribution in [-0.2, 0) is 19.1 Å². The van der Waals surface area contributed by atoms with Gasteiger partial charge in [0.2, 0.25) is 5.91 Å². The third-order valence-corrected chi connectivity index (χ3v) is 5.27. The van der Waals surface area contributed by atoms with Crippen molar-refractivity contribution in [3.05, 3.63) is 58.1 Å². The Labute approximate surface area is 174 Å². The molecule has 6 nitrogen and oxygen atoms in total. The zero-order chi connectivity index (χ0) is 21.1. The van der Waals surface area contributed by atoms with E-state index in [2.05, 4.69) is 5.32 Å². The van der Waals surface area contributed by atoms with Crippen molar-refractivity contribution in [1.82, 2.24) is 0 Å². The summed E-state index contributed by atoms with van der Waals surface area (Å²) in [5, 5.41) is 3.21. The molecule has 0 spiro atoms. The minimum Gasteiger partial charge on any atom is -0.455 e. The van der Waals surface area contributed by atoms with Crippen LogP contribution in [0.3, 0.4) is 0 Å². The molecule has 2 amide bonds. The maximum atomic E-state index is 12.4. The second kappa shape index (κ2) is 8.66. The van der Waals surface area contributed by atoms with Gasteiger partial charge in [0.15, 0.2) is 6.61 Å². The van der Waals surface area contributed by atoms with Gasteiger partial charge >= 0.3 is 5.97 Å². The van der Waals surface area contributed by atoms with E-state index in [1.165, 1.54) is 0 Å². The van der Waals surface area contributed by atoms with Crippen LogP contribution in [0.15, 0.2) is 36.4 Å². The van der Waals surface area contributed by atoms with Gasteiger partial charge in [-0.3, -0.25) is 14.4 Å². The Hall–Kier alpha value is -2.86. The first-order chi connectivity index (χ1) is 13.7. The molecule has 0 aromatic heterocycles. The monoisotopic (exact) mass is 414 g/mol. The van der Waals surface area contributed by atoms with Gasteiger partial charge in [0.25, 0.3) is 5.91 Å². The minimum absolute atomic E-state index is 0.0703. The van der Waals surface area contributed by atoms with Crippen molar-refractivity contribution in [1.29, 1.82) is 0 Å². The Kier molecular flexibility index (Phi) is 6.23. The summed E-state index contributed by atoms with van der Waals surface area (Å²) < 4.78 is 5.15. The molecule has 152 valence electrons. The average Bonchev–Trinajstić information content (AvgIpc) is 3.04. The SMILES string of the molecule is Cc1cc(C)cc(N2C[C@H](C(=O)OCC(=O)Nc3cccc(Cl)c3C)CC2=O)c1. The number of hydrogen-bond donors (Lipinski definition) is 1. The molecule has 1 heterocycles. The van der Waals surface area contributed by atoms with Gasteiger partial charge in [0, 0.05) is 29.4 Å². The molecule has 1 atom stereocenters. The summed E-state index contributed by atoms with van der Waals surface area (Å²) in [7, 11) is 0. The molecule has 2 aromatic rings. The number of nitrogens with one attached hydrogen (secondary N) is 1. The van der Waals surface area contributed by atoms with Crippen molar-refractivity contribution in [2.24, 2.45) is 5.92 Å². The number of carbonyl (C=O) groups is 3. The number of anilines is 2. The molecule has 0 saturated carbocycles. The lowest BCUT2D eigenvalue weighted by atomic mass is 10.1. The van der Waals surface area contributed by atoms with Gasteiger partial charge in [-0.15, -0.1) is 0 Å². The standard InChI is InChI=1S/C22H23ClN2O4/c1-13-7-14(2)9-17(8-13)25-11-16(10-21(25)27)22(28)29-12-20(26)24-19-6-4-5-18(23)15(19)3/h4-9,16H,10-12H2,1-3H3,(H,24,26)/t16-/m1/s1. The molecule has 1 N–H and O–H groups in total. The highest BCUT2D eigenvalue weighted by atomic mass is 35.5. The number of amides is 2. The van der Waals surface area contributed by atoms with Crippen LogP contribution in [0.4, 0.5) is 11.4 Å². The van der Waals surface area contributed by atoms with Crippen LogP contribution in [0.2, 0.25) is 5.02 Å². The van der Waals surface area contributed by atoms with Gasteiger partial charge in [-0.25, -0.2) is 0 Å². The number of esters is 1. The summed E-state index contributed by atoms with van der Waals surface area (Å²) in [6.45, 7) is 5.54. The molecule has 29 heavy (non-hydrogen) atoms. The Morgan fingerprint density at radius 3 is 2.55 bits per heavy atom. The Balaban J connectivity index is 1.56. The molecule has 2 aromatic carbocycles. The number of benzene rings is 2. The number of carbonyl (C=O) groups excluding carboxylic acids is 3. The number of hydrogen-bond acceptors (Lipinski definition) is 4. The molecule has 0 radical (unpaired) electrons. The predicted octanol–water partition coefficient (Wildman–Crippen LogP) is 3.80. The normalized spacial score (nSPS) is 16.1. The molecule has 7 heteroatoms. The first-order valence-electron chi connectivity index (χ1n) is 9.35. The van der Waals surface area contributed by atoms with Crippen molar-refractivity contribution in [2.45, 2.75) is 27.2 Å². The molecule has 3 rings (SSSR count). The van der Waals surface area contributed by atoms with Crippen molar-refractivity contribution >= 4 is 40.8 Å². The lowest BCUT2D eigenvalue weighted by molar-refractivity contribution is -0.151. The van der Waals surface area contributed by atoms with Crippen molar-refractivity contribution < 1.29 is 19.1 Å². The van der Waals surface area contributed by atoms with Crippen molar-refractivity contribution in [2.75, 3.05) is 23.4 Å². The average molecular weight is 415 g/mol. The molecule has 0 unspecified atom stereocenters. The largest absolute Gasteiger partial charge is 0.455 e. The number of halogens is 1. The number of ether oxygens (including phenoxy) is 1. The second-order valence-electron chi connectivity index (χ2n) is 7.32. The third-order valence-electron chi connectivity index (χ3n) is 4.86. The fourth-order valence-electron chi connectivity index (χ4n) is 3.41. The Bertz CT molecular complexity index is 953. The summed E-state index contributed by atoms with van der Waals surface area (Å²) in [4.78, 5) is 38.5. The van der Waals surface area contributed by atoms with Gasteiger partial charge in [-0.05, 0) is 61.7 Å². The molecule has 1 fully saturated rings. The Morgan fingerprint density at radius 2 is 1.86 bits per heavy atom. The van der Waals surface area contributed by atoms with Crippen LogP contribution in [0.25, 0.3) is 0 Å². The summed E-state index contributed by atoms with van der Waals surface area (Å²) in [6.07, 6.45) is 0.0703. The summed E-state index contributed by atoms with van der Waals surface area (Å²) in [5.41, 5.74) is 4.17. The molecule has 1 aliphatic heterocycles. The third kappa shape index (κ3) is 4.95. The Morgan fingerprint density at radius 1 is 1.17 bits per heavy atom.